The lowest BCUT2D eigenvalue weighted by Crippen LogP contribution is -2.12. The van der Waals surface area contributed by atoms with Crippen LogP contribution in [0.2, 0.25) is 0 Å². The highest BCUT2D eigenvalue weighted by Gasteiger charge is 2.17. The zero-order valence-corrected chi connectivity index (χ0v) is 5.67. The standard InChI is InChI=1S/C4H6N2O2S/c1-9(7,8)4-5-2-3-6-4/h2-4H,1H3. The number of aliphatic imine (C=N–C) groups is 2. The smallest absolute Gasteiger partial charge is 0.241 e. The van der Waals surface area contributed by atoms with Gasteiger partial charge in [-0.15, -0.1) is 0 Å². The van der Waals surface area contributed by atoms with Crippen molar-refractivity contribution < 1.29 is 8.42 Å². The molecule has 9 heavy (non-hydrogen) atoms. The average molecular weight is 146 g/mol. The maximum absolute atomic E-state index is 10.6. The first-order valence-corrected chi connectivity index (χ1v) is 4.30. The molecule has 0 aromatic heterocycles. The molecule has 5 heteroatoms. The maximum Gasteiger partial charge on any atom is 0.241 e. The van der Waals surface area contributed by atoms with Gasteiger partial charge in [0.15, 0.2) is 9.84 Å². The lowest BCUT2D eigenvalue weighted by molar-refractivity contribution is 0.590. The predicted molar refractivity (Wildman–Crippen MR) is 35.6 cm³/mol. The molecule has 0 aromatic carbocycles. The molecule has 0 amide bonds. The molecular weight excluding hydrogens is 140 g/mol. The summed E-state index contributed by atoms with van der Waals surface area (Å²) in [7, 11) is -3.10. The second-order valence-corrected chi connectivity index (χ2v) is 3.83. The van der Waals surface area contributed by atoms with Crippen LogP contribution in [-0.2, 0) is 9.84 Å². The van der Waals surface area contributed by atoms with E-state index in [1.54, 1.807) is 0 Å². The summed E-state index contributed by atoms with van der Waals surface area (Å²) < 4.78 is 21.2. The molecule has 1 aliphatic heterocycles. The van der Waals surface area contributed by atoms with Crippen LogP contribution in [0.5, 0.6) is 0 Å². The molecule has 0 fully saturated rings. The van der Waals surface area contributed by atoms with E-state index in [9.17, 15) is 8.42 Å². The Labute approximate surface area is 53.2 Å². The second-order valence-electron chi connectivity index (χ2n) is 1.75. The van der Waals surface area contributed by atoms with Gasteiger partial charge in [-0.1, -0.05) is 0 Å². The lowest BCUT2D eigenvalue weighted by Gasteiger charge is -1.97. The van der Waals surface area contributed by atoms with Crippen LogP contribution in [0.25, 0.3) is 0 Å². The molecule has 0 N–H and O–H groups in total. The number of hydrogen-bond acceptors (Lipinski definition) is 4. The molecule has 0 saturated carbocycles. The molecule has 0 radical (unpaired) electrons. The zero-order valence-electron chi connectivity index (χ0n) is 4.85. The summed E-state index contributed by atoms with van der Waals surface area (Å²) >= 11 is 0. The third-order valence-corrected chi connectivity index (χ3v) is 1.89. The fourth-order valence-electron chi connectivity index (χ4n) is 0.484. The molecule has 0 spiro atoms. The molecule has 1 aliphatic rings. The van der Waals surface area contributed by atoms with E-state index >= 15 is 0 Å². The molecule has 4 nitrogen and oxygen atoms in total. The molecule has 0 atom stereocenters. The second kappa shape index (κ2) is 1.91. The Morgan fingerprint density at radius 3 is 2.00 bits per heavy atom. The van der Waals surface area contributed by atoms with Crippen LogP contribution in [0.1, 0.15) is 0 Å². The van der Waals surface area contributed by atoms with Crippen LogP contribution in [0.4, 0.5) is 0 Å². The van der Waals surface area contributed by atoms with E-state index in [0.29, 0.717) is 0 Å². The van der Waals surface area contributed by atoms with Crippen LogP contribution >= 0.6 is 0 Å². The van der Waals surface area contributed by atoms with E-state index in [1.165, 1.54) is 12.4 Å². The van der Waals surface area contributed by atoms with Crippen LogP contribution in [0, 0.1) is 0 Å². The van der Waals surface area contributed by atoms with E-state index in [0.717, 1.165) is 6.26 Å². The Morgan fingerprint density at radius 1 is 1.33 bits per heavy atom. The maximum atomic E-state index is 10.6. The van der Waals surface area contributed by atoms with Gasteiger partial charge in [0.05, 0.1) is 0 Å². The van der Waals surface area contributed by atoms with Crippen LogP contribution in [-0.4, -0.2) is 32.6 Å². The van der Waals surface area contributed by atoms with E-state index in [-0.39, 0.29) is 0 Å². The van der Waals surface area contributed by atoms with Gasteiger partial charge in [0.1, 0.15) is 0 Å². The molecular formula is C4H6N2O2S. The first kappa shape index (κ1) is 6.41. The van der Waals surface area contributed by atoms with Gasteiger partial charge in [0.25, 0.3) is 0 Å². The Bertz CT molecular complexity index is 240. The first-order chi connectivity index (χ1) is 4.11. The summed E-state index contributed by atoms with van der Waals surface area (Å²) in [6, 6.07) is 0. The topological polar surface area (TPSA) is 58.9 Å². The van der Waals surface area contributed by atoms with Gasteiger partial charge in [-0.3, -0.25) is 0 Å². The number of rotatable bonds is 1. The summed E-state index contributed by atoms with van der Waals surface area (Å²) in [5.41, 5.74) is -0.877. The third-order valence-electron chi connectivity index (χ3n) is 0.877. The summed E-state index contributed by atoms with van der Waals surface area (Å²) in [5.74, 6) is 0. The Hall–Kier alpha value is -0.710. The number of nitrogens with zero attached hydrogens (tertiary/aromatic N) is 2. The zero-order chi connectivity index (χ0) is 6.91. The normalized spacial score (nSPS) is 19.2. The SMILES string of the molecule is CS(=O)(=O)C1N=CC=N1. The Balaban J connectivity index is 2.90. The first-order valence-electron chi connectivity index (χ1n) is 2.34. The number of hydrogen-bond donors (Lipinski definition) is 0. The van der Waals surface area contributed by atoms with Crippen LogP contribution in [0.15, 0.2) is 9.98 Å². The monoisotopic (exact) mass is 146 g/mol. The molecule has 50 valence electrons. The van der Waals surface area contributed by atoms with Crippen LogP contribution in [0.3, 0.4) is 0 Å². The molecule has 0 unspecified atom stereocenters. The fraction of sp³-hybridized carbons (Fsp3) is 0.500. The summed E-state index contributed by atoms with van der Waals surface area (Å²) in [5, 5.41) is 0. The molecule has 1 heterocycles. The van der Waals surface area contributed by atoms with Crippen LogP contribution < -0.4 is 0 Å². The van der Waals surface area contributed by atoms with E-state index in [4.69, 9.17) is 0 Å². The predicted octanol–water partition coefficient (Wildman–Crippen LogP) is -0.530. The molecule has 0 saturated heterocycles. The van der Waals surface area contributed by atoms with Crippen molar-refractivity contribution in [3.63, 3.8) is 0 Å². The Morgan fingerprint density at radius 2 is 1.78 bits per heavy atom. The third kappa shape index (κ3) is 1.35. The minimum Gasteiger partial charge on any atom is -0.250 e. The van der Waals surface area contributed by atoms with Crippen molar-refractivity contribution in [2.45, 2.75) is 5.50 Å². The summed E-state index contributed by atoms with van der Waals surface area (Å²) in [6.07, 6.45) is 3.87. The van der Waals surface area contributed by atoms with Gasteiger partial charge >= 0.3 is 0 Å². The van der Waals surface area contributed by atoms with Crippen molar-refractivity contribution in [1.29, 1.82) is 0 Å². The fourth-order valence-corrected chi connectivity index (χ4v) is 1.07. The van der Waals surface area contributed by atoms with E-state index in [2.05, 4.69) is 9.98 Å². The average Bonchev–Trinajstić information content (AvgIpc) is 2.08. The van der Waals surface area contributed by atoms with Crippen molar-refractivity contribution in [2.24, 2.45) is 9.98 Å². The molecule has 1 rings (SSSR count). The van der Waals surface area contributed by atoms with Crippen molar-refractivity contribution >= 4 is 22.3 Å². The van der Waals surface area contributed by atoms with Crippen molar-refractivity contribution in [3.8, 4) is 0 Å². The molecule has 0 aliphatic carbocycles. The largest absolute Gasteiger partial charge is 0.250 e. The highest BCUT2D eigenvalue weighted by Crippen LogP contribution is 2.03. The molecule has 0 aromatic rings. The van der Waals surface area contributed by atoms with Gasteiger partial charge in [-0.2, -0.15) is 0 Å². The van der Waals surface area contributed by atoms with Gasteiger partial charge < -0.3 is 0 Å². The van der Waals surface area contributed by atoms with Gasteiger partial charge in [0.2, 0.25) is 5.50 Å². The van der Waals surface area contributed by atoms with E-state index < -0.39 is 15.3 Å². The highest BCUT2D eigenvalue weighted by molar-refractivity contribution is 7.91. The molecule has 0 bridgehead atoms. The minimum atomic E-state index is -3.10. The van der Waals surface area contributed by atoms with E-state index in [1.807, 2.05) is 0 Å². The summed E-state index contributed by atoms with van der Waals surface area (Å²) in [6.45, 7) is 0. The van der Waals surface area contributed by atoms with Gasteiger partial charge in [0, 0.05) is 18.7 Å². The van der Waals surface area contributed by atoms with Gasteiger partial charge in [-0.05, 0) is 0 Å². The highest BCUT2D eigenvalue weighted by atomic mass is 32.2. The summed E-state index contributed by atoms with van der Waals surface area (Å²) in [4.78, 5) is 7.14. The number of sulfone groups is 1. The lowest BCUT2D eigenvalue weighted by atomic mass is 10.9. The Kier molecular flexibility index (Phi) is 1.36. The van der Waals surface area contributed by atoms with Crippen molar-refractivity contribution in [2.75, 3.05) is 6.26 Å². The minimum absolute atomic E-state index is 0.877. The van der Waals surface area contributed by atoms with Crippen molar-refractivity contribution in [1.82, 2.24) is 0 Å². The van der Waals surface area contributed by atoms with Crippen molar-refractivity contribution in [3.05, 3.63) is 0 Å². The van der Waals surface area contributed by atoms with Gasteiger partial charge in [-0.25, -0.2) is 18.4 Å². The quantitative estimate of drug-likeness (QED) is 0.499.